The van der Waals surface area contributed by atoms with Crippen LogP contribution in [0.25, 0.3) is 6.08 Å². The van der Waals surface area contributed by atoms with Crippen LogP contribution in [0.4, 0.5) is 5.69 Å². The molecule has 1 aromatic carbocycles. The number of aryl methyl sites for hydroxylation is 1. The van der Waals surface area contributed by atoms with Crippen LogP contribution in [0.3, 0.4) is 0 Å². The van der Waals surface area contributed by atoms with Crippen molar-refractivity contribution >= 4 is 23.6 Å². The Balaban J connectivity index is 2.20. The van der Waals surface area contributed by atoms with Gasteiger partial charge in [0, 0.05) is 24.2 Å². The Morgan fingerprint density at radius 1 is 1.29 bits per heavy atom. The van der Waals surface area contributed by atoms with Gasteiger partial charge in [-0.05, 0) is 48.4 Å². The molecule has 0 unspecified atom stereocenters. The van der Waals surface area contributed by atoms with Gasteiger partial charge in [0.1, 0.15) is 0 Å². The van der Waals surface area contributed by atoms with Crippen LogP contribution in [-0.4, -0.2) is 22.0 Å². The molecule has 1 aromatic heterocycles. The van der Waals surface area contributed by atoms with Gasteiger partial charge in [0.2, 0.25) is 0 Å². The molecule has 2 N–H and O–H groups in total. The molecule has 1 heterocycles. The predicted octanol–water partition coefficient (Wildman–Crippen LogP) is 2.74. The quantitative estimate of drug-likeness (QED) is 0.845. The summed E-state index contributed by atoms with van der Waals surface area (Å²) in [5.41, 5.74) is 2.69. The van der Waals surface area contributed by atoms with Crippen LogP contribution in [0.2, 0.25) is 0 Å². The van der Waals surface area contributed by atoms with Crippen molar-refractivity contribution in [1.29, 1.82) is 0 Å². The molecule has 2 aromatic rings. The van der Waals surface area contributed by atoms with Gasteiger partial charge >= 0.3 is 5.97 Å². The highest BCUT2D eigenvalue weighted by Crippen LogP contribution is 2.16. The first-order chi connectivity index (χ1) is 10.0. The number of amides is 1. The minimum absolute atomic E-state index is 0.262. The standard InChI is InChI=1S/C16H14N2O3/c1-11-7-12(4-5-15(19)20)9-14(8-11)18-16(21)13-3-2-6-17-10-13/h2-10H,1H3,(H,18,21)(H,19,20)/b5-4+. The van der Waals surface area contributed by atoms with Crippen molar-refractivity contribution in [3.63, 3.8) is 0 Å². The van der Waals surface area contributed by atoms with Crippen LogP contribution in [0.15, 0.2) is 48.8 Å². The van der Waals surface area contributed by atoms with Gasteiger partial charge in [0.15, 0.2) is 0 Å². The van der Waals surface area contributed by atoms with Crippen LogP contribution < -0.4 is 5.32 Å². The third kappa shape index (κ3) is 4.28. The summed E-state index contributed by atoms with van der Waals surface area (Å²) in [5, 5.41) is 11.4. The first kappa shape index (κ1) is 14.5. The van der Waals surface area contributed by atoms with Crippen molar-refractivity contribution < 1.29 is 14.7 Å². The molecule has 106 valence electrons. The smallest absolute Gasteiger partial charge is 0.328 e. The third-order valence-electron chi connectivity index (χ3n) is 2.70. The summed E-state index contributed by atoms with van der Waals surface area (Å²) in [5.74, 6) is -1.28. The fourth-order valence-corrected chi connectivity index (χ4v) is 1.85. The number of carbonyl (C=O) groups is 2. The highest BCUT2D eigenvalue weighted by Gasteiger charge is 2.06. The Hall–Kier alpha value is -2.95. The molecule has 2 rings (SSSR count). The fourth-order valence-electron chi connectivity index (χ4n) is 1.85. The zero-order chi connectivity index (χ0) is 15.2. The van der Waals surface area contributed by atoms with Crippen molar-refractivity contribution in [1.82, 2.24) is 4.98 Å². The molecule has 21 heavy (non-hydrogen) atoms. The van der Waals surface area contributed by atoms with Crippen LogP contribution in [0.1, 0.15) is 21.5 Å². The molecule has 5 nitrogen and oxygen atoms in total. The van der Waals surface area contributed by atoms with E-state index in [0.717, 1.165) is 11.6 Å². The van der Waals surface area contributed by atoms with E-state index in [1.807, 2.05) is 19.1 Å². The van der Waals surface area contributed by atoms with Crippen molar-refractivity contribution in [2.45, 2.75) is 6.92 Å². The summed E-state index contributed by atoms with van der Waals surface area (Å²) in [6.45, 7) is 1.87. The topological polar surface area (TPSA) is 79.3 Å². The van der Waals surface area contributed by atoms with Crippen LogP contribution in [0.5, 0.6) is 0 Å². The van der Waals surface area contributed by atoms with E-state index in [0.29, 0.717) is 16.8 Å². The lowest BCUT2D eigenvalue weighted by molar-refractivity contribution is -0.131. The summed E-state index contributed by atoms with van der Waals surface area (Å²) in [4.78, 5) is 26.5. The van der Waals surface area contributed by atoms with E-state index in [4.69, 9.17) is 5.11 Å². The average Bonchev–Trinajstić information content (AvgIpc) is 2.45. The van der Waals surface area contributed by atoms with Gasteiger partial charge in [-0.15, -0.1) is 0 Å². The Morgan fingerprint density at radius 3 is 2.76 bits per heavy atom. The summed E-state index contributed by atoms with van der Waals surface area (Å²) >= 11 is 0. The number of anilines is 1. The van der Waals surface area contributed by atoms with E-state index in [1.165, 1.54) is 12.3 Å². The summed E-state index contributed by atoms with van der Waals surface area (Å²) in [6.07, 6.45) is 5.62. The SMILES string of the molecule is Cc1cc(/C=C/C(=O)O)cc(NC(=O)c2cccnc2)c1. The highest BCUT2D eigenvalue weighted by atomic mass is 16.4. The molecule has 0 fully saturated rings. The van der Waals surface area contributed by atoms with Crippen molar-refractivity contribution in [3.8, 4) is 0 Å². The van der Waals surface area contributed by atoms with E-state index in [-0.39, 0.29) is 5.91 Å². The molecule has 0 bridgehead atoms. The van der Waals surface area contributed by atoms with Crippen LogP contribution in [-0.2, 0) is 4.79 Å². The minimum atomic E-state index is -1.02. The predicted molar refractivity (Wildman–Crippen MR) is 80.0 cm³/mol. The van der Waals surface area contributed by atoms with Gasteiger partial charge in [-0.3, -0.25) is 9.78 Å². The maximum atomic E-state index is 12.0. The number of nitrogens with one attached hydrogen (secondary N) is 1. The summed E-state index contributed by atoms with van der Waals surface area (Å²) < 4.78 is 0. The number of pyridine rings is 1. The van der Waals surface area contributed by atoms with E-state index in [9.17, 15) is 9.59 Å². The zero-order valence-electron chi connectivity index (χ0n) is 11.4. The maximum Gasteiger partial charge on any atom is 0.328 e. The molecule has 0 saturated heterocycles. The molecule has 5 heteroatoms. The number of carboxylic acid groups (broad SMARTS) is 1. The third-order valence-corrected chi connectivity index (χ3v) is 2.70. The van der Waals surface area contributed by atoms with Crippen LogP contribution >= 0.6 is 0 Å². The molecule has 0 aliphatic rings. The second kappa shape index (κ2) is 6.47. The average molecular weight is 282 g/mol. The number of nitrogens with zero attached hydrogens (tertiary/aromatic N) is 1. The second-order valence-corrected chi connectivity index (χ2v) is 4.50. The number of hydrogen-bond donors (Lipinski definition) is 2. The molecular weight excluding hydrogens is 268 g/mol. The fraction of sp³-hybridized carbons (Fsp3) is 0.0625. The van der Waals surface area contributed by atoms with Crippen molar-refractivity contribution in [2.75, 3.05) is 5.32 Å². The van der Waals surface area contributed by atoms with Gasteiger partial charge in [0.25, 0.3) is 5.91 Å². The first-order valence-electron chi connectivity index (χ1n) is 6.29. The minimum Gasteiger partial charge on any atom is -0.478 e. The Morgan fingerprint density at radius 2 is 2.10 bits per heavy atom. The lowest BCUT2D eigenvalue weighted by atomic mass is 10.1. The number of rotatable bonds is 4. The van der Waals surface area contributed by atoms with E-state index in [2.05, 4.69) is 10.3 Å². The summed E-state index contributed by atoms with van der Waals surface area (Å²) in [6, 6.07) is 8.71. The molecule has 0 spiro atoms. The van der Waals surface area contributed by atoms with Gasteiger partial charge < -0.3 is 10.4 Å². The number of benzene rings is 1. The lowest BCUT2D eigenvalue weighted by Crippen LogP contribution is -2.12. The Bertz CT molecular complexity index is 694. The summed E-state index contributed by atoms with van der Waals surface area (Å²) in [7, 11) is 0. The number of carbonyl (C=O) groups excluding carboxylic acids is 1. The number of aliphatic carboxylic acids is 1. The molecule has 0 saturated carbocycles. The Labute approximate surface area is 122 Å². The van der Waals surface area contributed by atoms with Gasteiger partial charge in [-0.1, -0.05) is 6.07 Å². The number of carboxylic acids is 1. The number of aromatic nitrogens is 1. The molecular formula is C16H14N2O3. The largest absolute Gasteiger partial charge is 0.478 e. The van der Waals surface area contributed by atoms with Crippen LogP contribution in [0, 0.1) is 6.92 Å². The van der Waals surface area contributed by atoms with Crippen molar-refractivity contribution in [3.05, 3.63) is 65.5 Å². The van der Waals surface area contributed by atoms with Gasteiger partial charge in [-0.25, -0.2) is 4.79 Å². The first-order valence-corrected chi connectivity index (χ1v) is 6.29. The van der Waals surface area contributed by atoms with E-state index >= 15 is 0 Å². The van der Waals surface area contributed by atoms with Crippen molar-refractivity contribution in [2.24, 2.45) is 0 Å². The van der Waals surface area contributed by atoms with E-state index in [1.54, 1.807) is 24.4 Å². The molecule has 1 amide bonds. The normalized spacial score (nSPS) is 10.5. The highest BCUT2D eigenvalue weighted by molar-refractivity contribution is 6.04. The molecule has 0 aliphatic heterocycles. The monoisotopic (exact) mass is 282 g/mol. The second-order valence-electron chi connectivity index (χ2n) is 4.50. The maximum absolute atomic E-state index is 12.0. The Kier molecular flexibility index (Phi) is 4.46. The van der Waals surface area contributed by atoms with Gasteiger partial charge in [-0.2, -0.15) is 0 Å². The molecule has 0 atom stereocenters. The number of hydrogen-bond acceptors (Lipinski definition) is 3. The lowest BCUT2D eigenvalue weighted by Gasteiger charge is -2.07. The van der Waals surface area contributed by atoms with Gasteiger partial charge in [0.05, 0.1) is 5.56 Å². The van der Waals surface area contributed by atoms with E-state index < -0.39 is 5.97 Å². The zero-order valence-corrected chi connectivity index (χ0v) is 11.4. The molecule has 0 aliphatic carbocycles. The molecule has 0 radical (unpaired) electrons.